The van der Waals surface area contributed by atoms with Crippen LogP contribution in [0, 0.1) is 0 Å². The number of nitrogens with one attached hydrogen (secondary N) is 2. The van der Waals surface area contributed by atoms with Crippen LogP contribution in [-0.2, 0) is 11.2 Å². The van der Waals surface area contributed by atoms with Gasteiger partial charge in [-0.1, -0.05) is 18.2 Å². The molecule has 2 aromatic carbocycles. The van der Waals surface area contributed by atoms with E-state index in [-0.39, 0.29) is 5.91 Å². The lowest BCUT2D eigenvalue weighted by molar-refractivity contribution is -0.116. The first-order chi connectivity index (χ1) is 10.8. The third kappa shape index (κ3) is 3.11. The molecule has 3 rings (SSSR count). The second-order valence-electron chi connectivity index (χ2n) is 5.14. The molecule has 0 spiro atoms. The largest absolute Gasteiger partial charge is 0.496 e. The van der Waals surface area contributed by atoms with Gasteiger partial charge in [-0.25, -0.2) is 0 Å². The number of fused-ring (bicyclic) bond motifs is 1. The molecular formula is C18H18N2O2. The van der Waals surface area contributed by atoms with Crippen LogP contribution in [0.25, 0.3) is 10.9 Å². The lowest BCUT2D eigenvalue weighted by Gasteiger charge is -2.08. The minimum Gasteiger partial charge on any atom is -0.496 e. The van der Waals surface area contributed by atoms with Crippen LogP contribution in [0.15, 0.2) is 54.7 Å². The van der Waals surface area contributed by atoms with Gasteiger partial charge in [0.05, 0.1) is 7.11 Å². The van der Waals surface area contributed by atoms with E-state index >= 15 is 0 Å². The normalized spacial score (nSPS) is 10.6. The molecule has 0 radical (unpaired) electrons. The zero-order valence-electron chi connectivity index (χ0n) is 12.4. The molecule has 0 bridgehead atoms. The summed E-state index contributed by atoms with van der Waals surface area (Å²) in [6.45, 7) is 0. The maximum absolute atomic E-state index is 12.1. The number of para-hydroxylation sites is 1. The number of H-pyrrole nitrogens is 1. The molecule has 1 amide bonds. The Labute approximate surface area is 129 Å². The van der Waals surface area contributed by atoms with Crippen molar-refractivity contribution in [2.45, 2.75) is 12.8 Å². The van der Waals surface area contributed by atoms with Crippen LogP contribution in [0.4, 0.5) is 5.69 Å². The van der Waals surface area contributed by atoms with Crippen LogP contribution in [0.2, 0.25) is 0 Å². The van der Waals surface area contributed by atoms with Crippen molar-refractivity contribution in [1.82, 2.24) is 4.98 Å². The van der Waals surface area contributed by atoms with Crippen molar-refractivity contribution in [3.05, 3.63) is 60.3 Å². The van der Waals surface area contributed by atoms with Crippen molar-refractivity contribution in [2.75, 3.05) is 12.4 Å². The van der Waals surface area contributed by atoms with Gasteiger partial charge in [0.15, 0.2) is 0 Å². The van der Waals surface area contributed by atoms with Crippen LogP contribution >= 0.6 is 0 Å². The van der Waals surface area contributed by atoms with Gasteiger partial charge in [0.25, 0.3) is 0 Å². The average Bonchev–Trinajstić information content (AvgIpc) is 3.01. The molecule has 4 nitrogen and oxygen atoms in total. The summed E-state index contributed by atoms with van der Waals surface area (Å²) in [7, 11) is 1.64. The maximum Gasteiger partial charge on any atom is 0.224 e. The number of carbonyl (C=O) groups is 1. The third-order valence-electron chi connectivity index (χ3n) is 3.65. The Kier molecular flexibility index (Phi) is 4.10. The molecule has 112 valence electrons. The number of carbonyl (C=O) groups excluding carboxylic acids is 1. The van der Waals surface area contributed by atoms with E-state index in [1.165, 1.54) is 0 Å². The van der Waals surface area contributed by atoms with Crippen molar-refractivity contribution in [2.24, 2.45) is 0 Å². The van der Waals surface area contributed by atoms with Crippen LogP contribution in [0.1, 0.15) is 12.0 Å². The first-order valence-corrected chi connectivity index (χ1v) is 7.25. The Morgan fingerprint density at radius 3 is 2.91 bits per heavy atom. The summed E-state index contributed by atoms with van der Waals surface area (Å²) in [5, 5.41) is 4.02. The number of rotatable bonds is 5. The van der Waals surface area contributed by atoms with Gasteiger partial charge in [-0.2, -0.15) is 0 Å². The van der Waals surface area contributed by atoms with Gasteiger partial charge in [0.2, 0.25) is 5.91 Å². The van der Waals surface area contributed by atoms with E-state index in [4.69, 9.17) is 4.74 Å². The minimum atomic E-state index is 0.000733. The first-order valence-electron chi connectivity index (χ1n) is 7.25. The SMILES string of the molecule is COc1ccccc1CCC(=O)Nc1ccc2[nH]ccc2c1. The zero-order valence-corrected chi connectivity index (χ0v) is 12.4. The van der Waals surface area contributed by atoms with E-state index in [1.54, 1.807) is 7.11 Å². The Morgan fingerprint density at radius 2 is 2.05 bits per heavy atom. The number of aryl methyl sites for hydroxylation is 1. The lowest BCUT2D eigenvalue weighted by atomic mass is 10.1. The van der Waals surface area contributed by atoms with Crippen molar-refractivity contribution < 1.29 is 9.53 Å². The Hall–Kier alpha value is -2.75. The molecule has 1 heterocycles. The number of aromatic amines is 1. The summed E-state index contributed by atoms with van der Waals surface area (Å²) >= 11 is 0. The molecule has 0 aliphatic heterocycles. The highest BCUT2D eigenvalue weighted by atomic mass is 16.5. The summed E-state index contributed by atoms with van der Waals surface area (Å²) < 4.78 is 5.30. The lowest BCUT2D eigenvalue weighted by Crippen LogP contribution is -2.12. The molecule has 0 aliphatic carbocycles. The minimum absolute atomic E-state index is 0.000733. The second kappa shape index (κ2) is 6.35. The van der Waals surface area contributed by atoms with Crippen LogP contribution in [0.5, 0.6) is 5.75 Å². The highest BCUT2D eigenvalue weighted by Crippen LogP contribution is 2.20. The number of benzene rings is 2. The summed E-state index contributed by atoms with van der Waals surface area (Å²) in [4.78, 5) is 15.2. The van der Waals surface area contributed by atoms with Crippen LogP contribution in [-0.4, -0.2) is 18.0 Å². The molecule has 0 atom stereocenters. The first kappa shape index (κ1) is 14.2. The van der Waals surface area contributed by atoms with Gasteiger partial charge in [0, 0.05) is 29.2 Å². The van der Waals surface area contributed by atoms with E-state index in [0.717, 1.165) is 27.9 Å². The summed E-state index contributed by atoms with van der Waals surface area (Å²) in [5.41, 5.74) is 2.92. The molecule has 0 fully saturated rings. The van der Waals surface area contributed by atoms with Crippen molar-refractivity contribution in [3.8, 4) is 5.75 Å². The van der Waals surface area contributed by atoms with E-state index in [1.807, 2.05) is 54.7 Å². The molecule has 0 saturated carbocycles. The monoisotopic (exact) mass is 294 g/mol. The van der Waals surface area contributed by atoms with Gasteiger partial charge < -0.3 is 15.0 Å². The summed E-state index contributed by atoms with van der Waals surface area (Å²) in [6, 6.07) is 15.6. The van der Waals surface area contributed by atoms with E-state index in [2.05, 4.69) is 10.3 Å². The average molecular weight is 294 g/mol. The Balaban J connectivity index is 1.62. The fourth-order valence-corrected chi connectivity index (χ4v) is 2.51. The molecule has 0 unspecified atom stereocenters. The number of amides is 1. The highest BCUT2D eigenvalue weighted by Gasteiger charge is 2.07. The van der Waals surface area contributed by atoms with Gasteiger partial charge in [-0.3, -0.25) is 4.79 Å². The molecule has 1 aromatic heterocycles. The molecular weight excluding hydrogens is 276 g/mol. The fraction of sp³-hybridized carbons (Fsp3) is 0.167. The van der Waals surface area contributed by atoms with E-state index < -0.39 is 0 Å². The quantitative estimate of drug-likeness (QED) is 0.753. The van der Waals surface area contributed by atoms with Gasteiger partial charge in [-0.15, -0.1) is 0 Å². The maximum atomic E-state index is 12.1. The summed E-state index contributed by atoms with van der Waals surface area (Å²) in [6.07, 6.45) is 2.96. The van der Waals surface area contributed by atoms with Crippen molar-refractivity contribution in [3.63, 3.8) is 0 Å². The molecule has 0 saturated heterocycles. The third-order valence-corrected chi connectivity index (χ3v) is 3.65. The summed E-state index contributed by atoms with van der Waals surface area (Å²) in [5.74, 6) is 0.824. The highest BCUT2D eigenvalue weighted by molar-refractivity contribution is 5.93. The smallest absolute Gasteiger partial charge is 0.224 e. The second-order valence-corrected chi connectivity index (χ2v) is 5.14. The van der Waals surface area contributed by atoms with Crippen LogP contribution in [0.3, 0.4) is 0 Å². The van der Waals surface area contributed by atoms with Gasteiger partial charge >= 0.3 is 0 Å². The number of hydrogen-bond donors (Lipinski definition) is 2. The van der Waals surface area contributed by atoms with Crippen molar-refractivity contribution in [1.29, 1.82) is 0 Å². The molecule has 4 heteroatoms. The molecule has 0 aliphatic rings. The number of anilines is 1. The van der Waals surface area contributed by atoms with E-state index in [0.29, 0.717) is 12.8 Å². The molecule has 3 aromatic rings. The Bertz CT molecular complexity index is 792. The topological polar surface area (TPSA) is 54.1 Å². The van der Waals surface area contributed by atoms with Gasteiger partial charge in [-0.05, 0) is 42.3 Å². The number of hydrogen-bond acceptors (Lipinski definition) is 2. The molecule has 2 N–H and O–H groups in total. The number of aromatic nitrogens is 1. The predicted octanol–water partition coefficient (Wildman–Crippen LogP) is 3.75. The van der Waals surface area contributed by atoms with Crippen LogP contribution < -0.4 is 10.1 Å². The molecule has 22 heavy (non-hydrogen) atoms. The van der Waals surface area contributed by atoms with Crippen molar-refractivity contribution >= 4 is 22.5 Å². The Morgan fingerprint density at radius 1 is 1.18 bits per heavy atom. The predicted molar refractivity (Wildman–Crippen MR) is 88.2 cm³/mol. The van der Waals surface area contributed by atoms with Gasteiger partial charge in [0.1, 0.15) is 5.75 Å². The van der Waals surface area contributed by atoms with E-state index in [9.17, 15) is 4.79 Å². The zero-order chi connectivity index (χ0) is 15.4. The fourth-order valence-electron chi connectivity index (χ4n) is 2.51. The number of methoxy groups -OCH3 is 1. The standard InChI is InChI=1S/C18H18N2O2/c1-22-17-5-3-2-4-13(17)6-9-18(21)20-15-7-8-16-14(12-15)10-11-19-16/h2-5,7-8,10-12,19H,6,9H2,1H3,(H,20,21). The number of ether oxygens (including phenoxy) is 1.